The first kappa shape index (κ1) is 14.5. The first-order valence-electron chi connectivity index (χ1n) is 5.47. The van der Waals surface area contributed by atoms with E-state index in [2.05, 4.69) is 9.98 Å². The molecular formula is C12H8F6N2. The number of pyridine rings is 1. The van der Waals surface area contributed by atoms with Gasteiger partial charge in [0.25, 0.3) is 0 Å². The average molecular weight is 294 g/mol. The van der Waals surface area contributed by atoms with Crippen LogP contribution in [0, 0.1) is 5.41 Å². The first-order valence-corrected chi connectivity index (χ1v) is 5.47. The van der Waals surface area contributed by atoms with Crippen molar-refractivity contribution in [3.8, 4) is 0 Å². The Bertz CT molecular complexity index is 527. The van der Waals surface area contributed by atoms with E-state index in [9.17, 15) is 26.3 Å². The van der Waals surface area contributed by atoms with E-state index in [0.29, 0.717) is 6.20 Å². The maximum absolute atomic E-state index is 12.9. The van der Waals surface area contributed by atoms with Gasteiger partial charge in [-0.3, -0.25) is 9.98 Å². The topological polar surface area (TPSA) is 25.2 Å². The predicted octanol–water partition coefficient (Wildman–Crippen LogP) is 3.90. The molecule has 0 atom stereocenters. The van der Waals surface area contributed by atoms with E-state index in [1.165, 1.54) is 24.4 Å². The second-order valence-electron chi connectivity index (χ2n) is 4.25. The molecule has 108 valence electrons. The fourth-order valence-electron chi connectivity index (χ4n) is 1.86. The summed E-state index contributed by atoms with van der Waals surface area (Å²) in [6.45, 7) is 0. The maximum atomic E-state index is 12.9. The van der Waals surface area contributed by atoms with E-state index >= 15 is 0 Å². The summed E-state index contributed by atoms with van der Waals surface area (Å²) in [6, 6.07) is 4.28. The minimum Gasteiger partial charge on any atom is -0.259 e. The molecule has 1 aliphatic rings. The lowest BCUT2D eigenvalue weighted by Gasteiger charge is -2.36. The molecule has 1 aromatic rings. The van der Waals surface area contributed by atoms with Gasteiger partial charge in [-0.2, -0.15) is 26.3 Å². The van der Waals surface area contributed by atoms with E-state index in [1.54, 1.807) is 0 Å². The Labute approximate surface area is 109 Å². The Balaban J connectivity index is 2.46. The zero-order chi connectivity index (χ0) is 15.0. The van der Waals surface area contributed by atoms with Crippen LogP contribution in [0.3, 0.4) is 0 Å². The number of allylic oxidation sites excluding steroid dienone is 1. The van der Waals surface area contributed by atoms with Gasteiger partial charge >= 0.3 is 12.4 Å². The van der Waals surface area contributed by atoms with Gasteiger partial charge in [-0.25, -0.2) is 0 Å². The average Bonchev–Trinajstić information content (AvgIpc) is 2.37. The van der Waals surface area contributed by atoms with Gasteiger partial charge in [0.2, 0.25) is 0 Å². The van der Waals surface area contributed by atoms with E-state index in [-0.39, 0.29) is 17.5 Å². The van der Waals surface area contributed by atoms with Crippen LogP contribution >= 0.6 is 0 Å². The Morgan fingerprint density at radius 3 is 2.15 bits per heavy atom. The molecule has 2 nitrogen and oxygen atoms in total. The summed E-state index contributed by atoms with van der Waals surface area (Å²) in [7, 11) is 0. The monoisotopic (exact) mass is 294 g/mol. The van der Waals surface area contributed by atoms with Gasteiger partial charge in [0.15, 0.2) is 5.41 Å². The molecule has 2 rings (SSSR count). The fraction of sp³-hybridized carbons (Fsp3) is 0.333. The van der Waals surface area contributed by atoms with Crippen LogP contribution < -0.4 is 0 Å². The summed E-state index contributed by atoms with van der Waals surface area (Å²) in [5.74, 6) is 0. The minimum absolute atomic E-state index is 0.00488. The molecule has 0 saturated carbocycles. The van der Waals surface area contributed by atoms with Crippen molar-refractivity contribution < 1.29 is 26.3 Å². The third-order valence-corrected chi connectivity index (χ3v) is 3.01. The van der Waals surface area contributed by atoms with Crippen molar-refractivity contribution in [3.63, 3.8) is 0 Å². The number of aliphatic imine (C=N–C) groups is 1. The molecule has 0 spiro atoms. The third kappa shape index (κ3) is 2.30. The normalized spacial score (nSPS) is 18.8. The molecule has 0 aromatic carbocycles. The summed E-state index contributed by atoms with van der Waals surface area (Å²) in [5, 5.41) is 0. The van der Waals surface area contributed by atoms with Gasteiger partial charge in [-0.05, 0) is 18.2 Å². The Morgan fingerprint density at radius 2 is 1.65 bits per heavy atom. The third-order valence-electron chi connectivity index (χ3n) is 3.01. The van der Waals surface area contributed by atoms with E-state index in [1.807, 2.05) is 0 Å². The summed E-state index contributed by atoms with van der Waals surface area (Å²) in [5.41, 5.74) is -4.27. The second-order valence-corrected chi connectivity index (χ2v) is 4.25. The molecule has 0 aliphatic carbocycles. The predicted molar refractivity (Wildman–Crippen MR) is 59.1 cm³/mol. The molecule has 2 heterocycles. The Kier molecular flexibility index (Phi) is 3.35. The number of hydrogen-bond acceptors (Lipinski definition) is 2. The first-order chi connectivity index (χ1) is 9.17. The van der Waals surface area contributed by atoms with Crippen LogP contribution in [0.4, 0.5) is 26.3 Å². The highest BCUT2D eigenvalue weighted by Gasteiger charge is 2.69. The second kappa shape index (κ2) is 4.60. The SMILES string of the molecule is FC(F)(F)C1(C(F)(F)F)C=CN=C(c2ccccn2)C1. The minimum atomic E-state index is -5.46. The molecule has 20 heavy (non-hydrogen) atoms. The van der Waals surface area contributed by atoms with Gasteiger partial charge in [0.1, 0.15) is 0 Å². The van der Waals surface area contributed by atoms with Crippen molar-refractivity contribution in [2.45, 2.75) is 18.8 Å². The van der Waals surface area contributed by atoms with Gasteiger partial charge in [-0.1, -0.05) is 6.07 Å². The molecule has 0 radical (unpaired) electrons. The number of rotatable bonds is 1. The quantitative estimate of drug-likeness (QED) is 0.721. The van der Waals surface area contributed by atoms with Crippen molar-refractivity contribution >= 4 is 5.71 Å². The van der Waals surface area contributed by atoms with Crippen LogP contribution in [0.25, 0.3) is 0 Å². The Hall–Kier alpha value is -1.86. The lowest BCUT2D eigenvalue weighted by atomic mass is 9.79. The Morgan fingerprint density at radius 1 is 1.00 bits per heavy atom. The smallest absolute Gasteiger partial charge is 0.259 e. The molecule has 1 aliphatic heterocycles. The largest absolute Gasteiger partial charge is 0.407 e. The van der Waals surface area contributed by atoms with Crippen LogP contribution in [0.15, 0.2) is 41.7 Å². The molecular weight excluding hydrogens is 286 g/mol. The highest BCUT2D eigenvalue weighted by molar-refractivity contribution is 6.00. The van der Waals surface area contributed by atoms with Crippen molar-refractivity contribution in [2.24, 2.45) is 10.4 Å². The van der Waals surface area contributed by atoms with Crippen LogP contribution in [0.1, 0.15) is 12.1 Å². The molecule has 0 N–H and O–H groups in total. The molecule has 0 saturated heterocycles. The van der Waals surface area contributed by atoms with Crippen molar-refractivity contribution in [1.82, 2.24) is 4.98 Å². The summed E-state index contributed by atoms with van der Waals surface area (Å²) in [4.78, 5) is 7.33. The molecule has 0 bridgehead atoms. The number of aromatic nitrogens is 1. The number of halogens is 6. The van der Waals surface area contributed by atoms with E-state index in [4.69, 9.17) is 0 Å². The number of nitrogens with zero attached hydrogens (tertiary/aromatic N) is 2. The number of hydrogen-bond donors (Lipinski definition) is 0. The van der Waals surface area contributed by atoms with Crippen LogP contribution in [-0.4, -0.2) is 23.0 Å². The lowest BCUT2D eigenvalue weighted by Crippen LogP contribution is -2.50. The standard InChI is InChI=1S/C12H8F6N2/c13-11(14,15)10(12(16,17)18)4-6-20-9(7-10)8-3-1-2-5-19-8/h1-6H,7H2. The lowest BCUT2D eigenvalue weighted by molar-refractivity contribution is -0.319. The van der Waals surface area contributed by atoms with Crippen molar-refractivity contribution in [1.29, 1.82) is 0 Å². The van der Waals surface area contributed by atoms with Gasteiger partial charge in [0, 0.05) is 18.8 Å². The van der Waals surface area contributed by atoms with Gasteiger partial charge < -0.3 is 0 Å². The maximum Gasteiger partial charge on any atom is 0.407 e. The fourth-order valence-corrected chi connectivity index (χ4v) is 1.86. The molecule has 0 amide bonds. The highest BCUT2D eigenvalue weighted by Crippen LogP contribution is 2.55. The molecule has 8 heteroatoms. The zero-order valence-corrected chi connectivity index (χ0v) is 9.83. The molecule has 1 aromatic heterocycles. The summed E-state index contributed by atoms with van der Waals surface area (Å²) >= 11 is 0. The highest BCUT2D eigenvalue weighted by atomic mass is 19.4. The van der Waals surface area contributed by atoms with Crippen LogP contribution in [-0.2, 0) is 0 Å². The summed E-state index contributed by atoms with van der Waals surface area (Å²) < 4.78 is 77.6. The zero-order valence-electron chi connectivity index (χ0n) is 9.83. The van der Waals surface area contributed by atoms with Crippen LogP contribution in [0.2, 0.25) is 0 Å². The number of alkyl halides is 6. The van der Waals surface area contributed by atoms with Gasteiger partial charge in [-0.15, -0.1) is 0 Å². The van der Waals surface area contributed by atoms with Crippen molar-refractivity contribution in [2.75, 3.05) is 0 Å². The molecule has 0 unspecified atom stereocenters. The van der Waals surface area contributed by atoms with Crippen LogP contribution in [0.5, 0.6) is 0 Å². The van der Waals surface area contributed by atoms with E-state index < -0.39 is 24.2 Å². The van der Waals surface area contributed by atoms with Crippen molar-refractivity contribution in [3.05, 3.63) is 42.4 Å². The van der Waals surface area contributed by atoms with Gasteiger partial charge in [0.05, 0.1) is 11.4 Å². The summed E-state index contributed by atoms with van der Waals surface area (Å²) in [6.07, 6.45) is -10.4. The van der Waals surface area contributed by atoms with E-state index in [0.717, 1.165) is 0 Å². The molecule has 0 fully saturated rings.